The summed E-state index contributed by atoms with van der Waals surface area (Å²) in [5, 5.41) is 21.8. The van der Waals surface area contributed by atoms with Gasteiger partial charge in [-0.15, -0.1) is 0 Å². The van der Waals surface area contributed by atoms with Crippen LogP contribution >= 0.6 is 0 Å². The lowest BCUT2D eigenvalue weighted by Gasteiger charge is -2.21. The summed E-state index contributed by atoms with van der Waals surface area (Å²) < 4.78 is 0. The van der Waals surface area contributed by atoms with Gasteiger partial charge in [0.05, 0.1) is 12.2 Å². The molecular formula is C10H19NO3. The predicted molar refractivity (Wildman–Crippen MR) is 52.7 cm³/mol. The van der Waals surface area contributed by atoms with Crippen LogP contribution in [-0.4, -0.2) is 34.9 Å². The van der Waals surface area contributed by atoms with Gasteiger partial charge in [0, 0.05) is 18.9 Å². The SMILES string of the molecule is CCC(=O)NCC(O)C1CCCC1O. The van der Waals surface area contributed by atoms with Crippen molar-refractivity contribution in [1.29, 1.82) is 0 Å². The average molecular weight is 201 g/mol. The normalized spacial score (nSPS) is 28.8. The molecule has 4 heteroatoms. The summed E-state index contributed by atoms with van der Waals surface area (Å²) in [6.45, 7) is 2.03. The first-order valence-electron chi connectivity index (χ1n) is 5.28. The number of aliphatic hydroxyl groups excluding tert-OH is 2. The van der Waals surface area contributed by atoms with Crippen LogP contribution in [0.15, 0.2) is 0 Å². The molecule has 0 radical (unpaired) electrons. The van der Waals surface area contributed by atoms with Crippen molar-refractivity contribution in [1.82, 2.24) is 5.32 Å². The van der Waals surface area contributed by atoms with Crippen LogP contribution in [0.25, 0.3) is 0 Å². The van der Waals surface area contributed by atoms with E-state index in [1.165, 1.54) is 0 Å². The van der Waals surface area contributed by atoms with Crippen LogP contribution in [-0.2, 0) is 4.79 Å². The lowest BCUT2D eigenvalue weighted by molar-refractivity contribution is -0.121. The fourth-order valence-electron chi connectivity index (χ4n) is 1.91. The van der Waals surface area contributed by atoms with Gasteiger partial charge in [-0.05, 0) is 12.8 Å². The van der Waals surface area contributed by atoms with Crippen molar-refractivity contribution in [2.75, 3.05) is 6.54 Å². The number of carbonyl (C=O) groups is 1. The van der Waals surface area contributed by atoms with Gasteiger partial charge in [0.1, 0.15) is 0 Å². The molecule has 1 aliphatic carbocycles. The number of nitrogens with one attached hydrogen (secondary N) is 1. The molecule has 0 saturated heterocycles. The molecule has 0 aromatic rings. The highest BCUT2D eigenvalue weighted by atomic mass is 16.3. The van der Waals surface area contributed by atoms with Crippen LogP contribution < -0.4 is 5.32 Å². The van der Waals surface area contributed by atoms with E-state index in [2.05, 4.69) is 5.32 Å². The van der Waals surface area contributed by atoms with E-state index in [-0.39, 0.29) is 18.4 Å². The van der Waals surface area contributed by atoms with Crippen LogP contribution in [0.1, 0.15) is 32.6 Å². The molecule has 0 heterocycles. The van der Waals surface area contributed by atoms with E-state index < -0.39 is 12.2 Å². The summed E-state index contributed by atoms with van der Waals surface area (Å²) in [6, 6.07) is 0. The molecule has 3 atom stereocenters. The molecule has 0 bridgehead atoms. The summed E-state index contributed by atoms with van der Waals surface area (Å²) in [5.74, 6) is -0.122. The van der Waals surface area contributed by atoms with Gasteiger partial charge < -0.3 is 15.5 Å². The van der Waals surface area contributed by atoms with E-state index >= 15 is 0 Å². The van der Waals surface area contributed by atoms with Gasteiger partial charge in [-0.1, -0.05) is 13.3 Å². The Hall–Kier alpha value is -0.610. The number of hydrogen-bond donors (Lipinski definition) is 3. The van der Waals surface area contributed by atoms with E-state index in [0.717, 1.165) is 19.3 Å². The summed E-state index contributed by atoms with van der Waals surface area (Å²) in [6.07, 6.45) is 2.00. The molecule has 1 rings (SSSR count). The minimum absolute atomic E-state index is 0.0588. The van der Waals surface area contributed by atoms with E-state index in [1.54, 1.807) is 6.92 Å². The Bertz CT molecular complexity index is 196. The van der Waals surface area contributed by atoms with Crippen molar-refractivity contribution in [3.8, 4) is 0 Å². The fourth-order valence-corrected chi connectivity index (χ4v) is 1.91. The predicted octanol–water partition coefficient (Wildman–Crippen LogP) is 0.0345. The number of carbonyl (C=O) groups excluding carboxylic acids is 1. The fraction of sp³-hybridized carbons (Fsp3) is 0.900. The lowest BCUT2D eigenvalue weighted by atomic mass is 9.99. The topological polar surface area (TPSA) is 69.6 Å². The second-order valence-electron chi connectivity index (χ2n) is 3.89. The molecule has 4 nitrogen and oxygen atoms in total. The second kappa shape index (κ2) is 5.32. The zero-order valence-electron chi connectivity index (χ0n) is 8.57. The molecule has 1 amide bonds. The molecule has 3 N–H and O–H groups in total. The Balaban J connectivity index is 2.27. The molecule has 3 unspecified atom stereocenters. The summed E-state index contributed by atoms with van der Waals surface area (Å²) in [4.78, 5) is 10.9. The third-order valence-corrected chi connectivity index (χ3v) is 2.86. The Labute approximate surface area is 84.3 Å². The van der Waals surface area contributed by atoms with Crippen molar-refractivity contribution in [2.24, 2.45) is 5.92 Å². The molecule has 1 fully saturated rings. The number of amides is 1. The van der Waals surface area contributed by atoms with Crippen LogP contribution in [0.2, 0.25) is 0 Å². The van der Waals surface area contributed by atoms with Crippen LogP contribution in [0.3, 0.4) is 0 Å². The molecule has 14 heavy (non-hydrogen) atoms. The van der Waals surface area contributed by atoms with Gasteiger partial charge in [0.15, 0.2) is 0 Å². The van der Waals surface area contributed by atoms with E-state index in [0.29, 0.717) is 6.42 Å². The molecule has 0 aromatic carbocycles. The third kappa shape index (κ3) is 2.96. The molecule has 1 aliphatic rings. The van der Waals surface area contributed by atoms with Crippen LogP contribution in [0.4, 0.5) is 0 Å². The molecule has 0 aliphatic heterocycles. The zero-order chi connectivity index (χ0) is 10.6. The van der Waals surface area contributed by atoms with Gasteiger partial charge in [0.2, 0.25) is 5.91 Å². The molecule has 82 valence electrons. The Morgan fingerprint density at radius 3 is 2.79 bits per heavy atom. The van der Waals surface area contributed by atoms with Crippen LogP contribution in [0, 0.1) is 5.92 Å². The Morgan fingerprint density at radius 2 is 2.29 bits per heavy atom. The third-order valence-electron chi connectivity index (χ3n) is 2.86. The van der Waals surface area contributed by atoms with Crippen molar-refractivity contribution in [2.45, 2.75) is 44.8 Å². The van der Waals surface area contributed by atoms with Gasteiger partial charge in [-0.3, -0.25) is 4.79 Å². The van der Waals surface area contributed by atoms with Gasteiger partial charge in [-0.25, -0.2) is 0 Å². The number of rotatable bonds is 4. The highest BCUT2D eigenvalue weighted by molar-refractivity contribution is 5.75. The summed E-state index contributed by atoms with van der Waals surface area (Å²) >= 11 is 0. The zero-order valence-corrected chi connectivity index (χ0v) is 8.57. The maximum atomic E-state index is 10.9. The van der Waals surface area contributed by atoms with Crippen molar-refractivity contribution in [3.63, 3.8) is 0 Å². The molecular weight excluding hydrogens is 182 g/mol. The van der Waals surface area contributed by atoms with Gasteiger partial charge >= 0.3 is 0 Å². The van der Waals surface area contributed by atoms with Crippen molar-refractivity contribution >= 4 is 5.91 Å². The Morgan fingerprint density at radius 1 is 1.57 bits per heavy atom. The smallest absolute Gasteiger partial charge is 0.219 e. The van der Waals surface area contributed by atoms with E-state index in [1.807, 2.05) is 0 Å². The summed E-state index contributed by atoms with van der Waals surface area (Å²) in [5.41, 5.74) is 0. The van der Waals surface area contributed by atoms with Crippen molar-refractivity contribution in [3.05, 3.63) is 0 Å². The summed E-state index contributed by atoms with van der Waals surface area (Å²) in [7, 11) is 0. The molecule has 0 aromatic heterocycles. The first kappa shape index (κ1) is 11.5. The maximum absolute atomic E-state index is 10.9. The average Bonchev–Trinajstić information content (AvgIpc) is 2.60. The number of aliphatic hydroxyl groups is 2. The van der Waals surface area contributed by atoms with E-state index in [9.17, 15) is 15.0 Å². The van der Waals surface area contributed by atoms with Gasteiger partial charge in [-0.2, -0.15) is 0 Å². The van der Waals surface area contributed by atoms with E-state index in [4.69, 9.17) is 0 Å². The first-order valence-corrected chi connectivity index (χ1v) is 5.28. The van der Waals surface area contributed by atoms with Crippen molar-refractivity contribution < 1.29 is 15.0 Å². The Kier molecular flexibility index (Phi) is 4.35. The largest absolute Gasteiger partial charge is 0.393 e. The first-order chi connectivity index (χ1) is 6.65. The minimum Gasteiger partial charge on any atom is -0.393 e. The standard InChI is InChI=1S/C10H19NO3/c1-2-10(14)11-6-9(13)7-4-3-5-8(7)12/h7-9,12-13H,2-6H2,1H3,(H,11,14). The highest BCUT2D eigenvalue weighted by Crippen LogP contribution is 2.28. The quantitative estimate of drug-likeness (QED) is 0.601. The maximum Gasteiger partial charge on any atom is 0.219 e. The van der Waals surface area contributed by atoms with Gasteiger partial charge in [0.25, 0.3) is 0 Å². The van der Waals surface area contributed by atoms with Crippen LogP contribution in [0.5, 0.6) is 0 Å². The second-order valence-corrected chi connectivity index (χ2v) is 3.89. The lowest BCUT2D eigenvalue weighted by Crippen LogP contribution is -2.38. The monoisotopic (exact) mass is 201 g/mol. The molecule has 1 saturated carbocycles. The molecule has 0 spiro atoms. The minimum atomic E-state index is -0.608. The highest BCUT2D eigenvalue weighted by Gasteiger charge is 2.31. The number of hydrogen-bond acceptors (Lipinski definition) is 3.